The molecule has 3 aromatic rings. The second kappa shape index (κ2) is 7.65. The fourth-order valence-electron chi connectivity index (χ4n) is 2.89. The molecule has 27 heavy (non-hydrogen) atoms. The van der Waals surface area contributed by atoms with E-state index in [0.717, 1.165) is 16.6 Å². The highest BCUT2D eigenvalue weighted by atomic mass is 19.4. The topological polar surface area (TPSA) is 83.8 Å². The summed E-state index contributed by atoms with van der Waals surface area (Å²) < 4.78 is 33.8. The molecule has 142 valence electrons. The molecule has 1 unspecified atom stereocenters. The maximum absolute atomic E-state index is 10.6. The van der Waals surface area contributed by atoms with Crippen molar-refractivity contribution in [2.75, 3.05) is 0 Å². The lowest BCUT2D eigenvalue weighted by atomic mass is 10.0. The minimum atomic E-state index is -5.08. The van der Waals surface area contributed by atoms with Crippen molar-refractivity contribution in [3.05, 3.63) is 49.1 Å². The number of pyridine rings is 1. The van der Waals surface area contributed by atoms with Gasteiger partial charge in [-0.2, -0.15) is 18.3 Å². The van der Waals surface area contributed by atoms with Crippen molar-refractivity contribution >= 4 is 17.0 Å². The summed E-state index contributed by atoms with van der Waals surface area (Å²) >= 11 is 0. The van der Waals surface area contributed by atoms with Gasteiger partial charge in [-0.3, -0.25) is 4.68 Å². The average molecular weight is 378 g/mol. The van der Waals surface area contributed by atoms with Gasteiger partial charge in [0.2, 0.25) is 0 Å². The fourth-order valence-corrected chi connectivity index (χ4v) is 2.89. The van der Waals surface area contributed by atoms with Crippen molar-refractivity contribution in [3.63, 3.8) is 0 Å². The van der Waals surface area contributed by atoms with Crippen molar-refractivity contribution in [3.8, 4) is 11.1 Å². The summed E-state index contributed by atoms with van der Waals surface area (Å²) in [5.74, 6) is -2.76. The predicted octanol–water partition coefficient (Wildman–Crippen LogP) is 4.34. The first-order valence-corrected chi connectivity index (χ1v) is 8.29. The molecule has 0 saturated carbocycles. The lowest BCUT2D eigenvalue weighted by Crippen LogP contribution is -2.21. The third kappa shape index (κ3) is 4.36. The summed E-state index contributed by atoms with van der Waals surface area (Å²) in [6, 6.07) is 4.52. The fraction of sp³-hybridized carbons (Fsp3) is 0.278. The van der Waals surface area contributed by atoms with Crippen LogP contribution in [-0.4, -0.2) is 37.0 Å². The quantitative estimate of drug-likeness (QED) is 0.650. The van der Waals surface area contributed by atoms with E-state index in [1.54, 1.807) is 0 Å². The molecule has 4 rings (SSSR count). The van der Waals surface area contributed by atoms with E-state index in [-0.39, 0.29) is 0 Å². The average Bonchev–Trinajstić information content (AvgIpc) is 3.31. The van der Waals surface area contributed by atoms with Gasteiger partial charge in [-0.05, 0) is 37.0 Å². The zero-order valence-electron chi connectivity index (χ0n) is 14.1. The number of nitrogens with one attached hydrogen (secondary N) is 1. The van der Waals surface area contributed by atoms with E-state index in [0.29, 0.717) is 6.04 Å². The van der Waals surface area contributed by atoms with E-state index < -0.39 is 12.1 Å². The SMILES string of the molecule is C1=CC(n2cc(-c3ccnc4[nH]ccc34)cn2)CCC1.O=C(O)C(F)(F)F. The monoisotopic (exact) mass is 378 g/mol. The number of fused-ring (bicyclic) bond motifs is 1. The Bertz CT molecular complexity index is 959. The summed E-state index contributed by atoms with van der Waals surface area (Å²) in [5, 5.41) is 12.8. The van der Waals surface area contributed by atoms with E-state index >= 15 is 0 Å². The Labute approximate surface area is 152 Å². The second-order valence-electron chi connectivity index (χ2n) is 6.04. The molecule has 6 nitrogen and oxygen atoms in total. The first kappa shape index (κ1) is 18.7. The van der Waals surface area contributed by atoms with Gasteiger partial charge in [-0.25, -0.2) is 9.78 Å². The Kier molecular flexibility index (Phi) is 5.29. The Balaban J connectivity index is 0.000000260. The molecule has 0 aromatic carbocycles. The van der Waals surface area contributed by atoms with E-state index in [4.69, 9.17) is 9.90 Å². The summed E-state index contributed by atoms with van der Waals surface area (Å²) in [7, 11) is 0. The second-order valence-corrected chi connectivity index (χ2v) is 6.04. The molecule has 9 heteroatoms. The molecule has 3 aromatic heterocycles. The predicted molar refractivity (Wildman–Crippen MR) is 93.0 cm³/mol. The molecular formula is C18H17F3N4O2. The van der Waals surface area contributed by atoms with Crippen molar-refractivity contribution < 1.29 is 23.1 Å². The van der Waals surface area contributed by atoms with Crippen LogP contribution in [-0.2, 0) is 4.79 Å². The number of allylic oxidation sites excluding steroid dienone is 2. The Morgan fingerprint density at radius 1 is 1.33 bits per heavy atom. The zero-order chi connectivity index (χ0) is 19.4. The summed E-state index contributed by atoms with van der Waals surface area (Å²) in [4.78, 5) is 16.4. The van der Waals surface area contributed by atoms with E-state index in [9.17, 15) is 13.2 Å². The first-order chi connectivity index (χ1) is 12.9. The molecule has 3 heterocycles. The number of hydrogen-bond acceptors (Lipinski definition) is 3. The van der Waals surface area contributed by atoms with Crippen LogP contribution in [0.3, 0.4) is 0 Å². The Morgan fingerprint density at radius 3 is 2.78 bits per heavy atom. The number of aliphatic carboxylic acids is 1. The third-order valence-electron chi connectivity index (χ3n) is 4.18. The van der Waals surface area contributed by atoms with Crippen molar-refractivity contribution in [2.45, 2.75) is 31.5 Å². The molecule has 0 amide bonds. The van der Waals surface area contributed by atoms with Gasteiger partial charge in [0.05, 0.1) is 12.2 Å². The third-order valence-corrected chi connectivity index (χ3v) is 4.18. The van der Waals surface area contributed by atoms with Crippen LogP contribution in [0.4, 0.5) is 13.2 Å². The standard InChI is InChI=1S/C16H16N4.C2HF3O2/c1-2-4-13(5-3-1)20-11-12(10-19-20)14-6-8-17-16-15(14)7-9-18-16;3-2(4,5)1(6)7/h2,4,6-11,13H,1,3,5H2,(H,17,18);(H,6,7). The lowest BCUT2D eigenvalue weighted by Gasteiger charge is -2.16. The van der Waals surface area contributed by atoms with E-state index in [2.05, 4.69) is 44.2 Å². The number of rotatable bonds is 2. The number of aromatic nitrogens is 4. The van der Waals surface area contributed by atoms with Crippen molar-refractivity contribution in [1.29, 1.82) is 0 Å². The van der Waals surface area contributed by atoms with Gasteiger partial charge in [-0.15, -0.1) is 0 Å². The number of hydrogen-bond donors (Lipinski definition) is 2. The van der Waals surface area contributed by atoms with Crippen LogP contribution in [0, 0.1) is 0 Å². The highest BCUT2D eigenvalue weighted by Gasteiger charge is 2.38. The van der Waals surface area contributed by atoms with Gasteiger partial charge in [0.25, 0.3) is 0 Å². The Hall–Kier alpha value is -3.10. The van der Waals surface area contributed by atoms with Crippen LogP contribution in [0.25, 0.3) is 22.2 Å². The van der Waals surface area contributed by atoms with E-state index in [1.807, 2.05) is 24.7 Å². The van der Waals surface area contributed by atoms with Crippen LogP contribution < -0.4 is 0 Å². The molecule has 0 aliphatic heterocycles. The number of alkyl halides is 3. The lowest BCUT2D eigenvalue weighted by molar-refractivity contribution is -0.192. The zero-order valence-corrected chi connectivity index (χ0v) is 14.1. The minimum absolute atomic E-state index is 0.404. The van der Waals surface area contributed by atoms with Gasteiger partial charge in [0, 0.05) is 29.5 Å². The molecule has 0 saturated heterocycles. The summed E-state index contributed by atoms with van der Waals surface area (Å²) in [6.07, 6.45) is 10.9. The number of aromatic amines is 1. The van der Waals surface area contributed by atoms with Gasteiger partial charge in [0.1, 0.15) is 5.65 Å². The largest absolute Gasteiger partial charge is 0.490 e. The minimum Gasteiger partial charge on any atom is -0.475 e. The molecule has 0 radical (unpaired) electrons. The molecule has 0 fully saturated rings. The molecule has 1 atom stereocenters. The number of carboxylic acids is 1. The van der Waals surface area contributed by atoms with Crippen molar-refractivity contribution in [1.82, 2.24) is 19.7 Å². The van der Waals surface area contributed by atoms with Crippen molar-refractivity contribution in [2.24, 2.45) is 0 Å². The van der Waals surface area contributed by atoms with Crippen LogP contribution in [0.15, 0.2) is 49.1 Å². The van der Waals surface area contributed by atoms with Crippen LogP contribution in [0.2, 0.25) is 0 Å². The van der Waals surface area contributed by atoms with Crippen LogP contribution in [0.1, 0.15) is 25.3 Å². The highest BCUT2D eigenvalue weighted by molar-refractivity contribution is 5.92. The number of carbonyl (C=O) groups is 1. The molecule has 1 aliphatic carbocycles. The summed E-state index contributed by atoms with van der Waals surface area (Å²) in [6.45, 7) is 0. The van der Waals surface area contributed by atoms with Gasteiger partial charge in [0.15, 0.2) is 0 Å². The van der Waals surface area contributed by atoms with Gasteiger partial charge >= 0.3 is 12.1 Å². The van der Waals surface area contributed by atoms with Gasteiger partial charge in [-0.1, -0.05) is 12.2 Å². The number of H-pyrrole nitrogens is 1. The number of nitrogens with zero attached hydrogens (tertiary/aromatic N) is 3. The van der Waals surface area contributed by atoms with Crippen LogP contribution >= 0.6 is 0 Å². The molecule has 0 bridgehead atoms. The molecule has 2 N–H and O–H groups in total. The smallest absolute Gasteiger partial charge is 0.475 e. The maximum atomic E-state index is 10.6. The number of halogens is 3. The molecular weight excluding hydrogens is 361 g/mol. The summed E-state index contributed by atoms with van der Waals surface area (Å²) in [5.41, 5.74) is 3.26. The molecule has 1 aliphatic rings. The normalized spacial score (nSPS) is 16.8. The van der Waals surface area contributed by atoms with Crippen LogP contribution in [0.5, 0.6) is 0 Å². The van der Waals surface area contributed by atoms with Gasteiger partial charge < -0.3 is 10.1 Å². The number of carboxylic acid groups (broad SMARTS) is 1. The maximum Gasteiger partial charge on any atom is 0.490 e. The Morgan fingerprint density at radius 2 is 2.11 bits per heavy atom. The van der Waals surface area contributed by atoms with E-state index in [1.165, 1.54) is 24.8 Å². The first-order valence-electron chi connectivity index (χ1n) is 8.29. The highest BCUT2D eigenvalue weighted by Crippen LogP contribution is 2.29. The molecule has 0 spiro atoms.